The monoisotopic (exact) mass is 270 g/mol. The molecule has 0 aliphatic heterocycles. The highest BCUT2D eigenvalue weighted by Crippen LogP contribution is 2.27. The molecule has 0 aliphatic carbocycles. The number of hydrogen-bond donors (Lipinski definition) is 1. The molecule has 0 spiro atoms. The van der Waals surface area contributed by atoms with Gasteiger partial charge in [0.05, 0.1) is 6.10 Å². The fraction of sp³-hybridized carbons (Fsp3) is 0.538. The van der Waals surface area contributed by atoms with Crippen molar-refractivity contribution in [1.29, 1.82) is 0 Å². The van der Waals surface area contributed by atoms with Gasteiger partial charge in [0.2, 0.25) is 0 Å². The number of aryl methyl sites for hydroxylation is 2. The second-order valence-corrected chi connectivity index (χ2v) is 4.92. The summed E-state index contributed by atoms with van der Waals surface area (Å²) in [6, 6.07) is 4.13. The van der Waals surface area contributed by atoms with E-state index in [-0.39, 0.29) is 6.10 Å². The van der Waals surface area contributed by atoms with Crippen LogP contribution in [0, 0.1) is 13.8 Å². The molecular formula is C13H19BrO. The van der Waals surface area contributed by atoms with E-state index in [0.717, 1.165) is 29.3 Å². The zero-order valence-electron chi connectivity index (χ0n) is 9.68. The molecule has 0 fully saturated rings. The fourth-order valence-corrected chi connectivity index (χ4v) is 1.96. The first-order chi connectivity index (χ1) is 7.06. The molecule has 0 aromatic heterocycles. The van der Waals surface area contributed by atoms with Crippen molar-refractivity contribution >= 4 is 15.9 Å². The highest BCUT2D eigenvalue weighted by atomic mass is 79.9. The lowest BCUT2D eigenvalue weighted by Gasteiger charge is -2.13. The van der Waals surface area contributed by atoms with Crippen LogP contribution in [0.3, 0.4) is 0 Å². The van der Waals surface area contributed by atoms with Gasteiger partial charge < -0.3 is 5.11 Å². The number of unbranched alkanes of at least 4 members (excludes halogenated alkanes) is 1. The molecule has 1 atom stereocenters. The van der Waals surface area contributed by atoms with Crippen LogP contribution >= 0.6 is 15.9 Å². The molecule has 0 heterocycles. The summed E-state index contributed by atoms with van der Waals surface area (Å²) in [4.78, 5) is 0. The number of aliphatic hydroxyl groups is 1. The van der Waals surface area contributed by atoms with Crippen LogP contribution < -0.4 is 0 Å². The number of rotatable bonds is 4. The molecule has 0 bridgehead atoms. The summed E-state index contributed by atoms with van der Waals surface area (Å²) in [6.45, 7) is 6.27. The van der Waals surface area contributed by atoms with E-state index in [4.69, 9.17) is 0 Å². The van der Waals surface area contributed by atoms with Gasteiger partial charge in [0.25, 0.3) is 0 Å². The Morgan fingerprint density at radius 3 is 2.27 bits per heavy atom. The van der Waals surface area contributed by atoms with Crippen LogP contribution in [0.5, 0.6) is 0 Å². The maximum absolute atomic E-state index is 9.98. The topological polar surface area (TPSA) is 20.2 Å². The Balaban J connectivity index is 2.86. The van der Waals surface area contributed by atoms with Gasteiger partial charge in [-0.15, -0.1) is 0 Å². The third-order valence-electron chi connectivity index (χ3n) is 2.67. The molecule has 0 amide bonds. The highest BCUT2D eigenvalue weighted by molar-refractivity contribution is 9.10. The lowest BCUT2D eigenvalue weighted by molar-refractivity contribution is 0.164. The predicted octanol–water partition coefficient (Wildman–Crippen LogP) is 4.29. The molecule has 0 aliphatic rings. The van der Waals surface area contributed by atoms with Crippen molar-refractivity contribution in [3.63, 3.8) is 0 Å². The molecule has 1 aromatic carbocycles. The van der Waals surface area contributed by atoms with E-state index in [1.807, 2.05) is 0 Å². The van der Waals surface area contributed by atoms with Crippen molar-refractivity contribution in [1.82, 2.24) is 0 Å². The van der Waals surface area contributed by atoms with Crippen molar-refractivity contribution in [3.05, 3.63) is 33.3 Å². The summed E-state index contributed by atoms with van der Waals surface area (Å²) < 4.78 is 1.15. The average Bonchev–Trinajstić information content (AvgIpc) is 2.21. The van der Waals surface area contributed by atoms with Gasteiger partial charge in [-0.3, -0.25) is 0 Å². The minimum absolute atomic E-state index is 0.310. The van der Waals surface area contributed by atoms with E-state index in [2.05, 4.69) is 48.8 Å². The van der Waals surface area contributed by atoms with E-state index < -0.39 is 0 Å². The van der Waals surface area contributed by atoms with Gasteiger partial charge in [0, 0.05) is 4.47 Å². The van der Waals surface area contributed by atoms with E-state index in [1.165, 1.54) is 11.1 Å². The Hall–Kier alpha value is -0.340. The Labute approximate surface area is 101 Å². The molecule has 0 radical (unpaired) electrons. The predicted molar refractivity (Wildman–Crippen MR) is 68.1 cm³/mol. The molecule has 1 nitrogen and oxygen atoms in total. The molecule has 15 heavy (non-hydrogen) atoms. The van der Waals surface area contributed by atoms with Gasteiger partial charge in [-0.25, -0.2) is 0 Å². The summed E-state index contributed by atoms with van der Waals surface area (Å²) in [5.74, 6) is 0. The molecule has 1 N–H and O–H groups in total. The van der Waals surface area contributed by atoms with Crippen molar-refractivity contribution in [2.45, 2.75) is 46.1 Å². The standard InChI is InChI=1S/C13H19BrO/c1-4-5-6-12(15)11-7-9(2)13(14)10(3)8-11/h7-8,12,15H,4-6H2,1-3H3. The van der Waals surface area contributed by atoms with Crippen molar-refractivity contribution in [2.24, 2.45) is 0 Å². The van der Waals surface area contributed by atoms with Crippen molar-refractivity contribution < 1.29 is 5.11 Å². The van der Waals surface area contributed by atoms with E-state index >= 15 is 0 Å². The smallest absolute Gasteiger partial charge is 0.0790 e. The first-order valence-corrected chi connectivity index (χ1v) is 6.30. The maximum atomic E-state index is 9.98. The number of aliphatic hydroxyl groups excluding tert-OH is 1. The highest BCUT2D eigenvalue weighted by Gasteiger charge is 2.09. The zero-order chi connectivity index (χ0) is 11.4. The van der Waals surface area contributed by atoms with Crippen LogP contribution in [-0.2, 0) is 0 Å². The number of benzene rings is 1. The minimum Gasteiger partial charge on any atom is -0.388 e. The van der Waals surface area contributed by atoms with Crippen LogP contribution in [0.1, 0.15) is 49.0 Å². The van der Waals surface area contributed by atoms with Crippen molar-refractivity contribution in [2.75, 3.05) is 0 Å². The first kappa shape index (κ1) is 12.7. The van der Waals surface area contributed by atoms with Crippen molar-refractivity contribution in [3.8, 4) is 0 Å². The molecule has 1 unspecified atom stereocenters. The summed E-state index contributed by atoms with van der Waals surface area (Å²) >= 11 is 3.53. The average molecular weight is 271 g/mol. The van der Waals surface area contributed by atoms with Gasteiger partial charge in [-0.2, -0.15) is 0 Å². The van der Waals surface area contributed by atoms with Crippen LogP contribution in [-0.4, -0.2) is 5.11 Å². The Kier molecular flexibility index (Phi) is 4.81. The van der Waals surface area contributed by atoms with Gasteiger partial charge in [-0.05, 0) is 37.0 Å². The zero-order valence-corrected chi connectivity index (χ0v) is 11.3. The Morgan fingerprint density at radius 1 is 1.27 bits per heavy atom. The molecular weight excluding hydrogens is 252 g/mol. The summed E-state index contributed by atoms with van der Waals surface area (Å²) in [6.07, 6.45) is 2.76. The Morgan fingerprint density at radius 2 is 1.80 bits per heavy atom. The quantitative estimate of drug-likeness (QED) is 0.866. The van der Waals surface area contributed by atoms with Crippen LogP contribution in [0.15, 0.2) is 16.6 Å². The second-order valence-electron chi connectivity index (χ2n) is 4.13. The molecule has 0 saturated heterocycles. The molecule has 1 aromatic rings. The summed E-state index contributed by atoms with van der Waals surface area (Å²) in [5, 5.41) is 9.98. The molecule has 0 saturated carbocycles. The number of halogens is 1. The molecule has 84 valence electrons. The number of hydrogen-bond acceptors (Lipinski definition) is 1. The molecule has 1 rings (SSSR count). The van der Waals surface area contributed by atoms with Crippen LogP contribution in [0.25, 0.3) is 0 Å². The van der Waals surface area contributed by atoms with Crippen LogP contribution in [0.2, 0.25) is 0 Å². The maximum Gasteiger partial charge on any atom is 0.0790 e. The van der Waals surface area contributed by atoms with Gasteiger partial charge in [0.1, 0.15) is 0 Å². The summed E-state index contributed by atoms with van der Waals surface area (Å²) in [5.41, 5.74) is 3.43. The third kappa shape index (κ3) is 3.32. The second kappa shape index (κ2) is 5.66. The Bertz CT molecular complexity index is 310. The van der Waals surface area contributed by atoms with E-state index in [1.54, 1.807) is 0 Å². The fourth-order valence-electron chi connectivity index (χ4n) is 1.74. The summed E-state index contributed by atoms with van der Waals surface area (Å²) in [7, 11) is 0. The molecule has 2 heteroatoms. The first-order valence-electron chi connectivity index (χ1n) is 5.51. The largest absolute Gasteiger partial charge is 0.388 e. The van der Waals surface area contributed by atoms with Gasteiger partial charge in [-0.1, -0.05) is 47.8 Å². The van der Waals surface area contributed by atoms with E-state index in [9.17, 15) is 5.11 Å². The lowest BCUT2D eigenvalue weighted by Crippen LogP contribution is -1.99. The SMILES string of the molecule is CCCCC(O)c1cc(C)c(Br)c(C)c1. The van der Waals surface area contributed by atoms with Crippen LogP contribution in [0.4, 0.5) is 0 Å². The van der Waals surface area contributed by atoms with Gasteiger partial charge >= 0.3 is 0 Å². The minimum atomic E-state index is -0.310. The van der Waals surface area contributed by atoms with E-state index in [0.29, 0.717) is 0 Å². The third-order valence-corrected chi connectivity index (χ3v) is 3.93. The normalized spacial score (nSPS) is 12.9. The van der Waals surface area contributed by atoms with Gasteiger partial charge in [0.15, 0.2) is 0 Å². The lowest BCUT2D eigenvalue weighted by atomic mass is 10.00.